The van der Waals surface area contributed by atoms with Crippen molar-refractivity contribution in [2.45, 2.75) is 6.42 Å². The van der Waals surface area contributed by atoms with Crippen LogP contribution in [0.4, 0.5) is 0 Å². The van der Waals surface area contributed by atoms with Gasteiger partial charge in [-0.15, -0.1) is 11.3 Å². The van der Waals surface area contributed by atoms with Crippen LogP contribution in [0.3, 0.4) is 0 Å². The van der Waals surface area contributed by atoms with Crippen LogP contribution in [0.1, 0.15) is 15.4 Å². The highest BCUT2D eigenvalue weighted by atomic mass is 35.5. The van der Waals surface area contributed by atoms with Crippen LogP contribution in [-0.2, 0) is 13.5 Å². The van der Waals surface area contributed by atoms with Crippen LogP contribution in [0, 0.1) is 0 Å². The number of thiophene rings is 1. The molecule has 2 rings (SSSR count). The summed E-state index contributed by atoms with van der Waals surface area (Å²) >= 11 is 7.42. The molecule has 0 saturated carbocycles. The molecule has 0 aliphatic rings. The number of hydrogen-bond acceptors (Lipinski definition) is 3. The molecule has 0 N–H and O–H groups in total. The van der Waals surface area contributed by atoms with E-state index in [0.717, 1.165) is 4.88 Å². The maximum Gasteiger partial charge on any atom is 0.186 e. The fraction of sp³-hybridized carbons (Fsp3) is 0.200. The summed E-state index contributed by atoms with van der Waals surface area (Å²) in [4.78, 5) is 16.6. The van der Waals surface area contributed by atoms with Gasteiger partial charge in [0.2, 0.25) is 0 Å². The van der Waals surface area contributed by atoms with Crippen molar-refractivity contribution < 1.29 is 4.79 Å². The normalized spacial score (nSPS) is 10.5. The fourth-order valence-electron chi connectivity index (χ4n) is 1.31. The number of halogens is 1. The van der Waals surface area contributed by atoms with Crippen molar-refractivity contribution in [3.05, 3.63) is 39.6 Å². The van der Waals surface area contributed by atoms with E-state index in [-0.39, 0.29) is 5.78 Å². The molecule has 0 aromatic carbocycles. The SMILES string of the molecule is Cn1cncc1C(=O)Cc1sccc1Cl. The second kappa shape index (κ2) is 4.16. The first-order chi connectivity index (χ1) is 7.18. The van der Waals surface area contributed by atoms with Crippen molar-refractivity contribution >= 4 is 28.7 Å². The first kappa shape index (κ1) is 10.4. The van der Waals surface area contributed by atoms with Gasteiger partial charge in [0.1, 0.15) is 5.69 Å². The number of aromatic nitrogens is 2. The lowest BCUT2D eigenvalue weighted by molar-refractivity contribution is 0.0986. The highest BCUT2D eigenvalue weighted by Gasteiger charge is 2.13. The molecule has 0 radical (unpaired) electrons. The molecule has 0 saturated heterocycles. The van der Waals surface area contributed by atoms with Crippen LogP contribution in [0.15, 0.2) is 24.0 Å². The molecule has 0 spiro atoms. The number of imidazole rings is 1. The van der Waals surface area contributed by atoms with E-state index < -0.39 is 0 Å². The molecule has 0 aliphatic heterocycles. The molecule has 0 aliphatic carbocycles. The van der Waals surface area contributed by atoms with Crippen LogP contribution >= 0.6 is 22.9 Å². The van der Waals surface area contributed by atoms with Crippen molar-refractivity contribution in [3.8, 4) is 0 Å². The van der Waals surface area contributed by atoms with Crippen LogP contribution in [0.2, 0.25) is 5.02 Å². The Balaban J connectivity index is 2.18. The molecule has 2 heterocycles. The number of aryl methyl sites for hydroxylation is 1. The lowest BCUT2D eigenvalue weighted by Crippen LogP contribution is -2.07. The van der Waals surface area contributed by atoms with Crippen molar-refractivity contribution in [3.63, 3.8) is 0 Å². The van der Waals surface area contributed by atoms with Crippen molar-refractivity contribution in [2.75, 3.05) is 0 Å². The van der Waals surface area contributed by atoms with Crippen LogP contribution < -0.4 is 0 Å². The summed E-state index contributed by atoms with van der Waals surface area (Å²) in [7, 11) is 1.80. The highest BCUT2D eigenvalue weighted by Crippen LogP contribution is 2.23. The summed E-state index contributed by atoms with van der Waals surface area (Å²) in [5, 5.41) is 2.55. The molecule has 5 heteroatoms. The minimum Gasteiger partial charge on any atom is -0.331 e. The van der Waals surface area contributed by atoms with Gasteiger partial charge in [0.25, 0.3) is 0 Å². The molecular formula is C10H9ClN2OS. The number of ketones is 1. The maximum atomic E-state index is 11.8. The van der Waals surface area contributed by atoms with Gasteiger partial charge >= 0.3 is 0 Å². The quantitative estimate of drug-likeness (QED) is 0.773. The topological polar surface area (TPSA) is 34.9 Å². The van der Waals surface area contributed by atoms with Gasteiger partial charge in [-0.1, -0.05) is 11.6 Å². The molecule has 2 aromatic heterocycles. The Morgan fingerprint density at radius 1 is 1.67 bits per heavy atom. The van der Waals surface area contributed by atoms with E-state index >= 15 is 0 Å². The maximum absolute atomic E-state index is 11.8. The third-order valence-electron chi connectivity index (χ3n) is 2.11. The zero-order valence-electron chi connectivity index (χ0n) is 8.11. The Bertz CT molecular complexity index is 489. The smallest absolute Gasteiger partial charge is 0.186 e. The summed E-state index contributed by atoms with van der Waals surface area (Å²) in [6.07, 6.45) is 3.53. The molecule has 15 heavy (non-hydrogen) atoms. The molecule has 0 bridgehead atoms. The number of rotatable bonds is 3. The minimum absolute atomic E-state index is 0.0411. The standard InChI is InChI=1S/C10H9ClN2OS/c1-13-6-12-5-8(13)9(14)4-10-7(11)2-3-15-10/h2-3,5-6H,4H2,1H3. The van der Waals surface area contributed by atoms with Gasteiger partial charge in [-0.3, -0.25) is 4.79 Å². The summed E-state index contributed by atoms with van der Waals surface area (Å²) in [6, 6.07) is 1.80. The van der Waals surface area contributed by atoms with Gasteiger partial charge in [-0.2, -0.15) is 0 Å². The van der Waals surface area contributed by atoms with E-state index in [1.165, 1.54) is 11.3 Å². The predicted octanol–water partition coefficient (Wildman–Crippen LogP) is 2.56. The van der Waals surface area contributed by atoms with Crippen LogP contribution in [0.5, 0.6) is 0 Å². The van der Waals surface area contributed by atoms with E-state index in [1.807, 2.05) is 5.38 Å². The summed E-state index contributed by atoms with van der Waals surface area (Å²) in [5.41, 5.74) is 0.611. The molecule has 78 valence electrons. The Kier molecular flexibility index (Phi) is 2.88. The third-order valence-corrected chi connectivity index (χ3v) is 3.50. The summed E-state index contributed by atoms with van der Waals surface area (Å²) < 4.78 is 1.71. The largest absolute Gasteiger partial charge is 0.331 e. The van der Waals surface area contributed by atoms with Crippen LogP contribution in [-0.4, -0.2) is 15.3 Å². The van der Waals surface area contributed by atoms with Gasteiger partial charge < -0.3 is 4.57 Å². The molecule has 0 fully saturated rings. The number of nitrogens with zero attached hydrogens (tertiary/aromatic N) is 2. The molecule has 0 amide bonds. The van der Waals surface area contributed by atoms with Gasteiger partial charge in [-0.05, 0) is 11.4 Å². The summed E-state index contributed by atoms with van der Waals surface area (Å²) in [6.45, 7) is 0. The van der Waals surface area contributed by atoms with E-state index in [2.05, 4.69) is 4.98 Å². The zero-order valence-corrected chi connectivity index (χ0v) is 9.68. The Morgan fingerprint density at radius 2 is 2.47 bits per heavy atom. The Hall–Kier alpha value is -1.13. The van der Waals surface area contributed by atoms with Gasteiger partial charge in [-0.25, -0.2) is 4.98 Å². The van der Waals surface area contributed by atoms with E-state index in [4.69, 9.17) is 11.6 Å². The second-order valence-electron chi connectivity index (χ2n) is 3.18. The first-order valence-electron chi connectivity index (χ1n) is 4.40. The second-order valence-corrected chi connectivity index (χ2v) is 4.59. The average molecular weight is 241 g/mol. The number of hydrogen-bond donors (Lipinski definition) is 0. The molecule has 2 aromatic rings. The minimum atomic E-state index is 0.0411. The molecule has 0 unspecified atom stereocenters. The fourth-order valence-corrected chi connectivity index (χ4v) is 2.42. The lowest BCUT2D eigenvalue weighted by Gasteiger charge is -2.00. The van der Waals surface area contributed by atoms with Gasteiger partial charge in [0.15, 0.2) is 5.78 Å². The molecule has 3 nitrogen and oxygen atoms in total. The Labute approximate surface area is 96.3 Å². The van der Waals surface area contributed by atoms with E-state index in [9.17, 15) is 4.79 Å². The Morgan fingerprint density at radius 3 is 3.00 bits per heavy atom. The monoisotopic (exact) mass is 240 g/mol. The predicted molar refractivity (Wildman–Crippen MR) is 60.6 cm³/mol. The lowest BCUT2D eigenvalue weighted by atomic mass is 10.2. The zero-order chi connectivity index (χ0) is 10.8. The summed E-state index contributed by atoms with van der Waals surface area (Å²) in [5.74, 6) is 0.0411. The van der Waals surface area contributed by atoms with Crippen molar-refractivity contribution in [1.29, 1.82) is 0 Å². The molecular weight excluding hydrogens is 232 g/mol. The number of Topliss-reactive ketones (excluding diaryl/α,β-unsaturated/α-hetero) is 1. The number of carbonyl (C=O) groups is 1. The van der Waals surface area contributed by atoms with Crippen molar-refractivity contribution in [1.82, 2.24) is 9.55 Å². The van der Waals surface area contributed by atoms with Gasteiger partial charge in [0.05, 0.1) is 17.5 Å². The first-order valence-corrected chi connectivity index (χ1v) is 5.65. The number of carbonyl (C=O) groups excluding carboxylic acids is 1. The van der Waals surface area contributed by atoms with Crippen molar-refractivity contribution in [2.24, 2.45) is 7.05 Å². The highest BCUT2D eigenvalue weighted by molar-refractivity contribution is 7.10. The van der Waals surface area contributed by atoms with Gasteiger partial charge in [0, 0.05) is 18.3 Å². The third kappa shape index (κ3) is 2.11. The molecule has 0 atom stereocenters. The average Bonchev–Trinajstić information content (AvgIpc) is 2.76. The van der Waals surface area contributed by atoms with E-state index in [0.29, 0.717) is 17.1 Å². The van der Waals surface area contributed by atoms with Crippen LogP contribution in [0.25, 0.3) is 0 Å². The van der Waals surface area contributed by atoms with E-state index in [1.54, 1.807) is 30.2 Å².